The summed E-state index contributed by atoms with van der Waals surface area (Å²) in [5.41, 5.74) is 0. The molecule has 0 saturated heterocycles. The van der Waals surface area contributed by atoms with E-state index >= 15 is 0 Å². The van der Waals surface area contributed by atoms with E-state index in [0.29, 0.717) is 5.02 Å². The molecule has 0 aromatic heterocycles. The lowest BCUT2D eigenvalue weighted by atomic mass is 10.2. The fourth-order valence-electron chi connectivity index (χ4n) is 1.46. The Morgan fingerprint density at radius 2 is 1.81 bits per heavy atom. The van der Waals surface area contributed by atoms with Crippen molar-refractivity contribution in [2.24, 2.45) is 0 Å². The van der Waals surface area contributed by atoms with Gasteiger partial charge in [0.05, 0.1) is 28.6 Å². The van der Waals surface area contributed by atoms with Gasteiger partial charge in [0.25, 0.3) is 5.91 Å². The van der Waals surface area contributed by atoms with Gasteiger partial charge >= 0.3 is 5.97 Å². The van der Waals surface area contributed by atoms with Crippen LogP contribution in [0.25, 0.3) is 0 Å². The minimum absolute atomic E-state index is 0.0791. The van der Waals surface area contributed by atoms with Crippen LogP contribution >= 0.6 is 34.8 Å². The van der Waals surface area contributed by atoms with Crippen LogP contribution in [0.15, 0.2) is 12.1 Å². The zero-order chi connectivity index (χ0) is 16.0. The highest BCUT2D eigenvalue weighted by Crippen LogP contribution is 2.33. The lowest BCUT2D eigenvalue weighted by Gasteiger charge is -2.13. The molecule has 1 unspecified atom stereocenters. The first kappa shape index (κ1) is 17.9. The zero-order valence-electron chi connectivity index (χ0n) is 11.4. The van der Waals surface area contributed by atoms with Gasteiger partial charge in [0, 0.05) is 12.1 Å². The van der Waals surface area contributed by atoms with Gasteiger partial charge in [-0.2, -0.15) is 0 Å². The number of methoxy groups -OCH3 is 1. The van der Waals surface area contributed by atoms with E-state index < -0.39 is 11.9 Å². The van der Waals surface area contributed by atoms with Crippen molar-refractivity contribution >= 4 is 46.7 Å². The van der Waals surface area contributed by atoms with Gasteiger partial charge in [0.1, 0.15) is 5.75 Å². The molecule has 1 rings (SSSR count). The molecule has 0 aliphatic heterocycles. The number of nitrogens with one attached hydrogen (secondary N) is 1. The van der Waals surface area contributed by atoms with E-state index in [2.05, 4.69) is 10.1 Å². The van der Waals surface area contributed by atoms with Gasteiger partial charge < -0.3 is 14.8 Å². The molecule has 0 heterocycles. The number of benzene rings is 1. The molecule has 0 radical (unpaired) electrons. The SMILES string of the molecule is COC(=O)CC(C)NC(=O)COc1cc(Cl)c(Cl)cc1Cl. The first-order valence-electron chi connectivity index (χ1n) is 5.97. The summed E-state index contributed by atoms with van der Waals surface area (Å²) in [6, 6.07) is 2.49. The fourth-order valence-corrected chi connectivity index (χ4v) is 2.05. The molecule has 5 nitrogen and oxygen atoms in total. The number of carbonyl (C=O) groups is 2. The Hall–Kier alpha value is -1.17. The van der Waals surface area contributed by atoms with Gasteiger partial charge in [-0.15, -0.1) is 0 Å². The highest BCUT2D eigenvalue weighted by Gasteiger charge is 2.14. The molecule has 0 aliphatic rings. The summed E-state index contributed by atoms with van der Waals surface area (Å²) in [7, 11) is 1.28. The maximum absolute atomic E-state index is 11.7. The molecule has 0 bridgehead atoms. The van der Waals surface area contributed by atoms with Gasteiger partial charge in [0.2, 0.25) is 0 Å². The number of hydrogen-bond donors (Lipinski definition) is 1. The minimum Gasteiger partial charge on any atom is -0.482 e. The van der Waals surface area contributed by atoms with Gasteiger partial charge in [-0.05, 0) is 13.0 Å². The summed E-state index contributed by atoms with van der Waals surface area (Å²) >= 11 is 17.5. The Morgan fingerprint density at radius 1 is 1.19 bits per heavy atom. The van der Waals surface area contributed by atoms with Crippen LogP contribution in [0.3, 0.4) is 0 Å². The Morgan fingerprint density at radius 3 is 2.43 bits per heavy atom. The molecule has 1 N–H and O–H groups in total. The van der Waals surface area contributed by atoms with E-state index in [0.717, 1.165) is 0 Å². The number of halogens is 3. The maximum atomic E-state index is 11.7. The third kappa shape index (κ3) is 5.99. The highest BCUT2D eigenvalue weighted by molar-refractivity contribution is 6.43. The van der Waals surface area contributed by atoms with Crippen LogP contribution in [0.4, 0.5) is 0 Å². The molecule has 0 spiro atoms. The lowest BCUT2D eigenvalue weighted by Crippen LogP contribution is -2.37. The van der Waals surface area contributed by atoms with Crippen molar-refractivity contribution in [2.45, 2.75) is 19.4 Å². The van der Waals surface area contributed by atoms with Crippen molar-refractivity contribution in [3.63, 3.8) is 0 Å². The summed E-state index contributed by atoms with van der Waals surface area (Å²) in [5.74, 6) is -0.549. The van der Waals surface area contributed by atoms with Crippen molar-refractivity contribution in [3.05, 3.63) is 27.2 Å². The van der Waals surface area contributed by atoms with Gasteiger partial charge in [-0.25, -0.2) is 0 Å². The van der Waals surface area contributed by atoms with E-state index in [1.54, 1.807) is 6.92 Å². The molecule has 1 aromatic carbocycles. The van der Waals surface area contributed by atoms with Crippen molar-refractivity contribution in [1.82, 2.24) is 5.32 Å². The number of amides is 1. The molecule has 0 fully saturated rings. The molecule has 1 atom stereocenters. The first-order valence-corrected chi connectivity index (χ1v) is 7.10. The average molecular weight is 355 g/mol. The Balaban J connectivity index is 2.50. The third-order valence-electron chi connectivity index (χ3n) is 2.44. The second-order valence-corrected chi connectivity index (χ2v) is 5.46. The Labute approximate surface area is 137 Å². The third-order valence-corrected chi connectivity index (χ3v) is 3.46. The van der Waals surface area contributed by atoms with Gasteiger partial charge in [-0.1, -0.05) is 34.8 Å². The zero-order valence-corrected chi connectivity index (χ0v) is 13.7. The van der Waals surface area contributed by atoms with Crippen LogP contribution < -0.4 is 10.1 Å². The second kappa shape index (κ2) is 8.32. The van der Waals surface area contributed by atoms with E-state index in [-0.39, 0.29) is 34.9 Å². The number of carbonyl (C=O) groups excluding carboxylic acids is 2. The largest absolute Gasteiger partial charge is 0.482 e. The van der Waals surface area contributed by atoms with Crippen LogP contribution in [0, 0.1) is 0 Å². The van der Waals surface area contributed by atoms with Crippen molar-refractivity contribution in [3.8, 4) is 5.75 Å². The molecule has 0 aliphatic carbocycles. The maximum Gasteiger partial charge on any atom is 0.307 e. The summed E-state index contributed by atoms with van der Waals surface area (Å²) in [6.07, 6.45) is 0.0791. The van der Waals surface area contributed by atoms with E-state index in [1.807, 2.05) is 0 Å². The van der Waals surface area contributed by atoms with E-state index in [4.69, 9.17) is 39.5 Å². The molecule has 116 valence electrons. The monoisotopic (exact) mass is 353 g/mol. The molecule has 1 aromatic rings. The molecule has 0 saturated carbocycles. The smallest absolute Gasteiger partial charge is 0.307 e. The van der Waals surface area contributed by atoms with Crippen molar-refractivity contribution in [1.29, 1.82) is 0 Å². The summed E-state index contributed by atoms with van der Waals surface area (Å²) in [4.78, 5) is 22.7. The number of rotatable bonds is 6. The van der Waals surface area contributed by atoms with E-state index in [9.17, 15) is 9.59 Å². The summed E-state index contributed by atoms with van der Waals surface area (Å²) in [6.45, 7) is 1.42. The van der Waals surface area contributed by atoms with Gasteiger partial charge in [0.15, 0.2) is 6.61 Å². The summed E-state index contributed by atoms with van der Waals surface area (Å²) in [5, 5.41) is 3.41. The topological polar surface area (TPSA) is 64.6 Å². The quantitative estimate of drug-likeness (QED) is 0.630. The van der Waals surface area contributed by atoms with Crippen LogP contribution in [0.1, 0.15) is 13.3 Å². The normalized spacial score (nSPS) is 11.7. The van der Waals surface area contributed by atoms with Crippen molar-refractivity contribution < 1.29 is 19.1 Å². The minimum atomic E-state index is -0.406. The summed E-state index contributed by atoms with van der Waals surface area (Å²) < 4.78 is 9.77. The van der Waals surface area contributed by atoms with Gasteiger partial charge in [-0.3, -0.25) is 9.59 Å². The molecule has 8 heteroatoms. The predicted octanol–water partition coefficient (Wildman–Crippen LogP) is 3.09. The number of hydrogen-bond acceptors (Lipinski definition) is 4. The van der Waals surface area contributed by atoms with Crippen LogP contribution in [0.2, 0.25) is 15.1 Å². The lowest BCUT2D eigenvalue weighted by molar-refractivity contribution is -0.141. The molecule has 1 amide bonds. The molecular formula is C13H14Cl3NO4. The Kier molecular flexibility index (Phi) is 7.08. The standard InChI is InChI=1S/C13H14Cl3NO4/c1-7(3-13(19)20-2)17-12(18)6-21-11-5-9(15)8(14)4-10(11)16/h4-5,7H,3,6H2,1-2H3,(H,17,18). The Bertz CT molecular complexity index is 536. The van der Waals surface area contributed by atoms with Crippen LogP contribution in [-0.2, 0) is 14.3 Å². The predicted molar refractivity (Wildman–Crippen MR) is 81.2 cm³/mol. The highest BCUT2D eigenvalue weighted by atomic mass is 35.5. The van der Waals surface area contributed by atoms with Crippen LogP contribution in [-0.4, -0.2) is 31.6 Å². The second-order valence-electron chi connectivity index (χ2n) is 4.23. The molecular weight excluding hydrogens is 341 g/mol. The molecule has 21 heavy (non-hydrogen) atoms. The van der Waals surface area contributed by atoms with Crippen LogP contribution in [0.5, 0.6) is 5.75 Å². The average Bonchev–Trinajstić information content (AvgIpc) is 2.41. The number of ether oxygens (including phenoxy) is 2. The van der Waals surface area contributed by atoms with E-state index in [1.165, 1.54) is 19.2 Å². The number of esters is 1. The van der Waals surface area contributed by atoms with Crippen molar-refractivity contribution in [2.75, 3.05) is 13.7 Å². The fraction of sp³-hybridized carbons (Fsp3) is 0.385. The first-order chi connectivity index (χ1) is 9.83.